The summed E-state index contributed by atoms with van der Waals surface area (Å²) in [5, 5.41) is 9.25. The van der Waals surface area contributed by atoms with Gasteiger partial charge in [0.1, 0.15) is 0 Å². The zero-order valence-corrected chi connectivity index (χ0v) is 15.2. The zero-order valence-electron chi connectivity index (χ0n) is 15.2. The monoisotopic (exact) mass is 319 g/mol. The average Bonchev–Trinajstić information content (AvgIpc) is 2.53. The maximum atomic E-state index is 12.4. The number of carbonyl (C=O) groups excluding carboxylic acids is 1. The Kier molecular flexibility index (Phi) is 4.15. The highest BCUT2D eigenvalue weighted by Gasteiger charge is 2.57. The average molecular weight is 319 g/mol. The summed E-state index contributed by atoms with van der Waals surface area (Å²) in [6.07, 6.45) is 11.7. The molecule has 0 radical (unpaired) electrons. The fourth-order valence-corrected chi connectivity index (χ4v) is 6.18. The van der Waals surface area contributed by atoms with E-state index in [0.29, 0.717) is 17.3 Å². The van der Waals surface area contributed by atoms with Crippen LogP contribution in [-0.4, -0.2) is 11.1 Å². The summed E-state index contributed by atoms with van der Waals surface area (Å²) in [6.45, 7) is 9.21. The van der Waals surface area contributed by atoms with Gasteiger partial charge in [-0.3, -0.25) is 10.0 Å². The molecule has 23 heavy (non-hydrogen) atoms. The molecule has 2 fully saturated rings. The minimum atomic E-state index is -0.431. The largest absolute Gasteiger partial charge is 0.289 e. The zero-order chi connectivity index (χ0) is 16.9. The molecule has 3 aliphatic carbocycles. The SMILES string of the molecule is CC[C@@]1(C)CC=C2[C@@H](CC[C@@H]3[C@](C)(C(=O)NO)CCC[C@@]23C)C1. The van der Waals surface area contributed by atoms with E-state index in [2.05, 4.69) is 33.8 Å². The smallest absolute Gasteiger partial charge is 0.249 e. The highest BCUT2D eigenvalue weighted by atomic mass is 16.5. The Morgan fingerprint density at radius 3 is 2.70 bits per heavy atom. The molecule has 0 aliphatic heterocycles. The van der Waals surface area contributed by atoms with Crippen molar-refractivity contribution in [1.82, 2.24) is 5.48 Å². The first kappa shape index (κ1) is 17.0. The lowest BCUT2D eigenvalue weighted by molar-refractivity contribution is -0.151. The van der Waals surface area contributed by atoms with E-state index in [1.807, 2.05) is 5.48 Å². The Labute approximate surface area is 140 Å². The van der Waals surface area contributed by atoms with Gasteiger partial charge in [-0.2, -0.15) is 0 Å². The highest BCUT2D eigenvalue weighted by Crippen LogP contribution is 2.63. The van der Waals surface area contributed by atoms with Crippen LogP contribution in [0.2, 0.25) is 0 Å². The van der Waals surface area contributed by atoms with Crippen LogP contribution in [-0.2, 0) is 4.79 Å². The standard InChI is InChI=1S/C20H33NO2/c1-5-18(2)12-9-15-14(13-18)7-8-16-19(15,3)10-6-11-20(16,4)17(22)21-23/h9,14,16,23H,5-8,10-13H2,1-4H3,(H,21,22)/t14-,16-,18-,19-,20+/m0/s1. The Morgan fingerprint density at radius 2 is 2.04 bits per heavy atom. The molecule has 2 saturated carbocycles. The van der Waals surface area contributed by atoms with Crippen molar-refractivity contribution in [1.29, 1.82) is 0 Å². The molecule has 0 saturated heterocycles. The molecule has 0 spiro atoms. The van der Waals surface area contributed by atoms with Gasteiger partial charge in [-0.25, -0.2) is 5.48 Å². The Morgan fingerprint density at radius 1 is 1.30 bits per heavy atom. The predicted octanol–water partition coefficient (Wildman–Crippen LogP) is 4.85. The topological polar surface area (TPSA) is 49.3 Å². The number of carbonyl (C=O) groups is 1. The Balaban J connectivity index is 1.96. The number of fused-ring (bicyclic) bond motifs is 3. The van der Waals surface area contributed by atoms with Crippen molar-refractivity contribution in [3.63, 3.8) is 0 Å². The van der Waals surface area contributed by atoms with Gasteiger partial charge in [0, 0.05) is 0 Å². The van der Waals surface area contributed by atoms with Crippen LogP contribution in [0.15, 0.2) is 11.6 Å². The van der Waals surface area contributed by atoms with Crippen LogP contribution in [0.25, 0.3) is 0 Å². The number of hydroxylamine groups is 1. The summed E-state index contributed by atoms with van der Waals surface area (Å²) in [5.74, 6) is 0.876. The van der Waals surface area contributed by atoms with Crippen LogP contribution in [0.1, 0.15) is 79.1 Å². The van der Waals surface area contributed by atoms with E-state index in [9.17, 15) is 10.0 Å². The maximum Gasteiger partial charge on any atom is 0.249 e. The molecule has 130 valence electrons. The molecule has 1 amide bonds. The van der Waals surface area contributed by atoms with E-state index >= 15 is 0 Å². The van der Waals surface area contributed by atoms with Gasteiger partial charge in [0.25, 0.3) is 0 Å². The van der Waals surface area contributed by atoms with Gasteiger partial charge in [0.05, 0.1) is 5.41 Å². The quantitative estimate of drug-likeness (QED) is 0.434. The van der Waals surface area contributed by atoms with Crippen LogP contribution in [0, 0.1) is 28.1 Å². The number of hydrogen-bond acceptors (Lipinski definition) is 2. The van der Waals surface area contributed by atoms with Gasteiger partial charge in [-0.15, -0.1) is 0 Å². The van der Waals surface area contributed by atoms with Gasteiger partial charge >= 0.3 is 0 Å². The molecule has 0 aromatic carbocycles. The van der Waals surface area contributed by atoms with Crippen molar-refractivity contribution in [2.45, 2.75) is 79.1 Å². The van der Waals surface area contributed by atoms with Crippen molar-refractivity contribution in [3.05, 3.63) is 11.6 Å². The predicted molar refractivity (Wildman–Crippen MR) is 91.9 cm³/mol. The molecule has 3 heteroatoms. The van der Waals surface area contributed by atoms with E-state index in [4.69, 9.17) is 0 Å². The fraction of sp³-hybridized carbons (Fsp3) is 0.850. The highest BCUT2D eigenvalue weighted by molar-refractivity contribution is 5.82. The molecular weight excluding hydrogens is 286 g/mol. The van der Waals surface area contributed by atoms with Gasteiger partial charge in [0.15, 0.2) is 0 Å². The molecule has 0 aromatic heterocycles. The molecule has 0 aromatic rings. The third-order valence-corrected chi connectivity index (χ3v) is 7.86. The summed E-state index contributed by atoms with van der Waals surface area (Å²) in [4.78, 5) is 12.4. The number of hydrogen-bond donors (Lipinski definition) is 2. The minimum absolute atomic E-state index is 0.136. The summed E-state index contributed by atoms with van der Waals surface area (Å²) < 4.78 is 0. The van der Waals surface area contributed by atoms with Gasteiger partial charge < -0.3 is 0 Å². The summed E-state index contributed by atoms with van der Waals surface area (Å²) >= 11 is 0. The number of rotatable bonds is 2. The summed E-state index contributed by atoms with van der Waals surface area (Å²) in [7, 11) is 0. The molecule has 0 heterocycles. The van der Waals surface area contributed by atoms with E-state index in [1.54, 1.807) is 5.57 Å². The van der Waals surface area contributed by atoms with Gasteiger partial charge in [-0.05, 0) is 61.2 Å². The van der Waals surface area contributed by atoms with Crippen LogP contribution in [0.5, 0.6) is 0 Å². The molecule has 3 nitrogen and oxygen atoms in total. The van der Waals surface area contributed by atoms with Crippen LogP contribution in [0.3, 0.4) is 0 Å². The minimum Gasteiger partial charge on any atom is -0.289 e. The lowest BCUT2D eigenvalue weighted by Crippen LogP contribution is -2.55. The van der Waals surface area contributed by atoms with Crippen molar-refractivity contribution in [3.8, 4) is 0 Å². The first-order valence-electron chi connectivity index (χ1n) is 9.44. The van der Waals surface area contributed by atoms with Crippen molar-refractivity contribution >= 4 is 5.91 Å². The normalized spacial score (nSPS) is 46.4. The van der Waals surface area contributed by atoms with E-state index in [0.717, 1.165) is 19.3 Å². The third kappa shape index (κ3) is 2.47. The molecule has 5 atom stereocenters. The molecule has 0 bridgehead atoms. The van der Waals surface area contributed by atoms with Gasteiger partial charge in [-0.1, -0.05) is 52.2 Å². The fourth-order valence-electron chi connectivity index (χ4n) is 6.18. The van der Waals surface area contributed by atoms with E-state index < -0.39 is 5.41 Å². The molecule has 0 unspecified atom stereocenters. The molecule has 2 N–H and O–H groups in total. The first-order valence-corrected chi connectivity index (χ1v) is 9.44. The van der Waals surface area contributed by atoms with Gasteiger partial charge in [0.2, 0.25) is 5.91 Å². The maximum absolute atomic E-state index is 12.4. The van der Waals surface area contributed by atoms with Crippen LogP contribution in [0.4, 0.5) is 0 Å². The van der Waals surface area contributed by atoms with Crippen LogP contribution < -0.4 is 5.48 Å². The van der Waals surface area contributed by atoms with Crippen molar-refractivity contribution in [2.24, 2.45) is 28.1 Å². The lowest BCUT2D eigenvalue weighted by atomic mass is 9.46. The van der Waals surface area contributed by atoms with Crippen molar-refractivity contribution < 1.29 is 10.0 Å². The second-order valence-corrected chi connectivity index (χ2v) is 9.19. The van der Waals surface area contributed by atoms with Crippen molar-refractivity contribution in [2.75, 3.05) is 0 Å². The second-order valence-electron chi connectivity index (χ2n) is 9.19. The number of allylic oxidation sites excluding steroid dienone is 2. The number of nitrogens with one attached hydrogen (secondary N) is 1. The second kappa shape index (κ2) is 5.61. The lowest BCUT2D eigenvalue weighted by Gasteiger charge is -2.58. The molecule has 3 aliphatic rings. The number of amides is 1. The summed E-state index contributed by atoms with van der Waals surface area (Å²) in [5.41, 5.74) is 3.76. The Bertz CT molecular complexity index is 528. The third-order valence-electron chi connectivity index (χ3n) is 7.86. The molecular formula is C20H33NO2. The van der Waals surface area contributed by atoms with E-state index in [1.165, 1.54) is 32.1 Å². The van der Waals surface area contributed by atoms with Crippen LogP contribution >= 0.6 is 0 Å². The summed E-state index contributed by atoms with van der Waals surface area (Å²) in [6, 6.07) is 0. The molecule has 3 rings (SSSR count). The Hall–Kier alpha value is -0.830. The first-order chi connectivity index (χ1) is 10.8. The van der Waals surface area contributed by atoms with E-state index in [-0.39, 0.29) is 11.3 Å².